The summed E-state index contributed by atoms with van der Waals surface area (Å²) in [5.74, 6) is -1.76. The van der Waals surface area contributed by atoms with Gasteiger partial charge in [-0.2, -0.15) is 13.2 Å². The first-order valence-corrected chi connectivity index (χ1v) is 9.86. The third-order valence-electron chi connectivity index (χ3n) is 7.88. The van der Waals surface area contributed by atoms with E-state index >= 15 is 0 Å². The number of ether oxygens (including phenoxy) is 1. The number of hydrogen-bond acceptors (Lipinski definition) is 4. The molecule has 0 radical (unpaired) electrons. The van der Waals surface area contributed by atoms with Crippen molar-refractivity contribution in [1.82, 2.24) is 10.2 Å². The average molecular weight is 404 g/mol. The molecule has 0 aromatic carbocycles. The first-order chi connectivity index (χ1) is 12.9. The van der Waals surface area contributed by atoms with Crippen molar-refractivity contribution in [2.75, 3.05) is 13.2 Å². The predicted octanol–water partition coefficient (Wildman–Crippen LogP) is 1.67. The number of hydrogen-bond donors (Lipinski definition) is 2. The van der Waals surface area contributed by atoms with Gasteiger partial charge in [0.25, 0.3) is 0 Å². The molecule has 2 heterocycles. The van der Waals surface area contributed by atoms with Crippen LogP contribution in [0.25, 0.3) is 0 Å². The summed E-state index contributed by atoms with van der Waals surface area (Å²) < 4.78 is 44.4. The minimum atomic E-state index is -4.78. The highest BCUT2D eigenvalue weighted by Crippen LogP contribution is 2.61. The van der Waals surface area contributed by atoms with E-state index in [2.05, 4.69) is 19.2 Å². The van der Waals surface area contributed by atoms with Crippen LogP contribution in [0.5, 0.6) is 0 Å². The highest BCUT2D eigenvalue weighted by molar-refractivity contribution is 6.03. The number of nitrogens with zero attached hydrogens (tertiary/aromatic N) is 1. The van der Waals surface area contributed by atoms with Gasteiger partial charge in [-0.05, 0) is 49.4 Å². The van der Waals surface area contributed by atoms with Crippen molar-refractivity contribution in [3.63, 3.8) is 0 Å². The molecule has 0 spiro atoms. The molecule has 2 saturated heterocycles. The molecule has 3 aliphatic carbocycles. The molecule has 0 aromatic rings. The summed E-state index contributed by atoms with van der Waals surface area (Å²) in [5, 5.41) is 13.3. The van der Waals surface area contributed by atoms with Crippen LogP contribution in [0.3, 0.4) is 0 Å². The maximum Gasteiger partial charge on any atom is 0.433 e. The van der Waals surface area contributed by atoms with E-state index in [0.717, 1.165) is 19.3 Å². The van der Waals surface area contributed by atoms with Gasteiger partial charge in [0.1, 0.15) is 5.92 Å². The van der Waals surface area contributed by atoms with Gasteiger partial charge in [0.15, 0.2) is 0 Å². The fourth-order valence-electron chi connectivity index (χ4n) is 5.94. The summed E-state index contributed by atoms with van der Waals surface area (Å²) in [7, 11) is 0. The molecule has 5 aliphatic rings. The molecule has 5 fully saturated rings. The molecule has 7 atom stereocenters. The molecule has 2 N–H and O–H groups in total. The molecule has 158 valence electrons. The van der Waals surface area contributed by atoms with Crippen molar-refractivity contribution in [3.05, 3.63) is 0 Å². The van der Waals surface area contributed by atoms with Crippen LogP contribution >= 0.6 is 0 Å². The van der Waals surface area contributed by atoms with E-state index in [1.54, 1.807) is 0 Å². The summed E-state index contributed by atoms with van der Waals surface area (Å²) in [6, 6.07) is 0. The van der Waals surface area contributed by atoms with E-state index in [0.29, 0.717) is 29.2 Å². The topological polar surface area (TPSA) is 78.9 Å². The quantitative estimate of drug-likeness (QED) is 0.702. The van der Waals surface area contributed by atoms with Crippen LogP contribution in [-0.4, -0.2) is 59.0 Å². The zero-order valence-electron chi connectivity index (χ0n) is 16.3. The Morgan fingerprint density at radius 2 is 2.00 bits per heavy atom. The fourth-order valence-corrected chi connectivity index (χ4v) is 5.94. The zero-order chi connectivity index (χ0) is 20.6. The maximum absolute atomic E-state index is 13.2. The van der Waals surface area contributed by atoms with Gasteiger partial charge >= 0.3 is 6.18 Å². The number of carbonyl (C=O) groups is 2. The van der Waals surface area contributed by atoms with Gasteiger partial charge in [-0.1, -0.05) is 13.8 Å². The highest BCUT2D eigenvalue weighted by atomic mass is 19.4. The normalized spacial score (nSPS) is 44.2. The summed E-state index contributed by atoms with van der Waals surface area (Å²) in [6.07, 6.45) is -5.53. The van der Waals surface area contributed by atoms with E-state index in [9.17, 15) is 27.9 Å². The van der Waals surface area contributed by atoms with E-state index in [4.69, 9.17) is 4.74 Å². The second-order valence-corrected chi connectivity index (χ2v) is 9.64. The SMILES string of the molecule is CC1(C)C2CCC(CNC(=O)C3C(=O)N4[C@@H](C(F)(F)F)OC[C@]4(C)C3O)C1C2. The Balaban J connectivity index is 1.44. The molecule has 2 bridgehead atoms. The minimum Gasteiger partial charge on any atom is -0.389 e. The largest absolute Gasteiger partial charge is 0.433 e. The number of halogens is 3. The van der Waals surface area contributed by atoms with Crippen LogP contribution in [0.1, 0.15) is 40.0 Å². The lowest BCUT2D eigenvalue weighted by Crippen LogP contribution is -2.55. The number of rotatable bonds is 3. The molecular formula is C19H27F3N2O4. The van der Waals surface area contributed by atoms with Gasteiger partial charge in [0, 0.05) is 6.54 Å². The van der Waals surface area contributed by atoms with Crippen LogP contribution in [0.15, 0.2) is 0 Å². The Kier molecular flexibility index (Phi) is 4.33. The Hall–Kier alpha value is -1.35. The highest BCUT2D eigenvalue weighted by Gasteiger charge is 2.68. The van der Waals surface area contributed by atoms with Crippen molar-refractivity contribution >= 4 is 11.8 Å². The third-order valence-corrected chi connectivity index (χ3v) is 7.88. The van der Waals surface area contributed by atoms with Gasteiger partial charge in [-0.25, -0.2) is 0 Å². The Morgan fingerprint density at radius 1 is 1.32 bits per heavy atom. The molecule has 2 amide bonds. The second kappa shape index (κ2) is 6.08. The van der Waals surface area contributed by atoms with E-state index < -0.39 is 48.4 Å². The van der Waals surface area contributed by atoms with E-state index in [1.807, 2.05) is 0 Å². The van der Waals surface area contributed by atoms with Crippen molar-refractivity contribution in [2.45, 2.75) is 64.1 Å². The summed E-state index contributed by atoms with van der Waals surface area (Å²) in [5.41, 5.74) is -1.32. The van der Waals surface area contributed by atoms with Gasteiger partial charge < -0.3 is 15.2 Å². The molecule has 9 heteroatoms. The van der Waals surface area contributed by atoms with Gasteiger partial charge in [0.05, 0.1) is 18.2 Å². The van der Waals surface area contributed by atoms with Crippen molar-refractivity contribution in [1.29, 1.82) is 0 Å². The number of nitrogens with one attached hydrogen (secondary N) is 1. The molecule has 5 unspecified atom stereocenters. The zero-order valence-corrected chi connectivity index (χ0v) is 16.3. The second-order valence-electron chi connectivity index (χ2n) is 9.64. The fraction of sp³-hybridized carbons (Fsp3) is 0.895. The van der Waals surface area contributed by atoms with Crippen molar-refractivity contribution < 1.29 is 32.6 Å². The van der Waals surface area contributed by atoms with Crippen LogP contribution in [0.2, 0.25) is 0 Å². The first-order valence-electron chi connectivity index (χ1n) is 9.86. The number of alkyl halides is 3. The lowest BCUT2D eigenvalue weighted by molar-refractivity contribution is -0.240. The Morgan fingerprint density at radius 3 is 2.57 bits per heavy atom. The summed E-state index contributed by atoms with van der Waals surface area (Å²) in [4.78, 5) is 25.8. The lowest BCUT2D eigenvalue weighted by Gasteiger charge is -2.60. The average Bonchev–Trinajstić information content (AvgIpc) is 3.06. The van der Waals surface area contributed by atoms with Gasteiger partial charge in [-0.3, -0.25) is 14.5 Å². The molecule has 2 aliphatic heterocycles. The lowest BCUT2D eigenvalue weighted by atomic mass is 9.45. The smallest absolute Gasteiger partial charge is 0.389 e. The maximum atomic E-state index is 13.2. The van der Waals surface area contributed by atoms with Crippen LogP contribution in [-0.2, 0) is 14.3 Å². The van der Waals surface area contributed by atoms with Crippen LogP contribution in [0.4, 0.5) is 13.2 Å². The molecular weight excluding hydrogens is 377 g/mol. The number of aliphatic hydroxyl groups excluding tert-OH is 1. The van der Waals surface area contributed by atoms with E-state index in [1.165, 1.54) is 6.92 Å². The molecule has 6 nitrogen and oxygen atoms in total. The number of fused-ring (bicyclic) bond motifs is 3. The first kappa shape index (κ1) is 19.9. The van der Waals surface area contributed by atoms with E-state index in [-0.39, 0.29) is 5.41 Å². The van der Waals surface area contributed by atoms with Crippen molar-refractivity contribution in [2.24, 2.45) is 29.1 Å². The van der Waals surface area contributed by atoms with Gasteiger partial charge in [0.2, 0.25) is 18.0 Å². The molecule has 0 aromatic heterocycles. The Bertz CT molecular complexity index is 695. The molecule has 3 saturated carbocycles. The Labute approximate surface area is 161 Å². The number of carbonyl (C=O) groups excluding carboxylic acids is 2. The third kappa shape index (κ3) is 2.61. The summed E-state index contributed by atoms with van der Waals surface area (Å²) >= 11 is 0. The monoisotopic (exact) mass is 404 g/mol. The van der Waals surface area contributed by atoms with Crippen LogP contribution < -0.4 is 5.32 Å². The number of amides is 2. The van der Waals surface area contributed by atoms with Gasteiger partial charge in [-0.15, -0.1) is 0 Å². The summed E-state index contributed by atoms with van der Waals surface area (Å²) in [6.45, 7) is 5.71. The van der Waals surface area contributed by atoms with Crippen molar-refractivity contribution in [3.8, 4) is 0 Å². The molecule has 28 heavy (non-hydrogen) atoms. The standard InChI is InChI=1S/C19H27F3N2O4/c1-17(2)10-5-4-9(11(17)6-10)7-23-14(26)12-13(25)18(3)8-28-16(19(20,21)22)24(18)15(12)27/h9-13,16,25H,4-8H2,1-3H3,(H,23,26)/t9?,10?,11?,12?,13?,16-,18-/m1/s1. The van der Waals surface area contributed by atoms with Crippen LogP contribution in [0, 0.1) is 29.1 Å². The predicted molar refractivity (Wildman–Crippen MR) is 91.7 cm³/mol. The minimum absolute atomic E-state index is 0.240. The number of aliphatic hydroxyl groups is 1. The molecule has 5 rings (SSSR count).